The quantitative estimate of drug-likeness (QED) is 0.301. The second-order valence-electron chi connectivity index (χ2n) is 10.1. The Morgan fingerprint density at radius 2 is 1.57 bits per heavy atom. The molecule has 0 radical (unpaired) electrons. The summed E-state index contributed by atoms with van der Waals surface area (Å²) in [4.78, 5) is 2.48. The van der Waals surface area contributed by atoms with Crippen molar-refractivity contribution in [1.29, 1.82) is 5.26 Å². The van der Waals surface area contributed by atoms with E-state index in [-0.39, 0.29) is 5.41 Å². The summed E-state index contributed by atoms with van der Waals surface area (Å²) in [7, 11) is 0. The van der Waals surface area contributed by atoms with Gasteiger partial charge in [0, 0.05) is 31.2 Å². The number of rotatable bonds is 13. The Morgan fingerprint density at radius 3 is 2.09 bits per heavy atom. The van der Waals surface area contributed by atoms with E-state index in [0.717, 1.165) is 38.1 Å². The van der Waals surface area contributed by atoms with Gasteiger partial charge < -0.3 is 10.2 Å². The minimum Gasteiger partial charge on any atom is -0.371 e. The molecule has 1 unspecified atom stereocenters. The molecule has 0 spiro atoms. The molecule has 0 aromatic heterocycles. The van der Waals surface area contributed by atoms with Crippen LogP contribution in [0.2, 0.25) is 0 Å². The highest BCUT2D eigenvalue weighted by atomic mass is 15.2. The minimum atomic E-state index is -0.292. The van der Waals surface area contributed by atoms with Gasteiger partial charge in [-0.25, -0.2) is 0 Å². The van der Waals surface area contributed by atoms with Gasteiger partial charge in [0.15, 0.2) is 0 Å². The molecule has 0 aliphatic carbocycles. The van der Waals surface area contributed by atoms with Crippen LogP contribution in [0, 0.1) is 23.2 Å². The SMILES string of the molecule is CCCC(C#N)(c1ccccc1)C(CC)CC.CCCNCC1CN(c2ccc(CCC)cc2)C1. The maximum Gasteiger partial charge on any atom is 0.0850 e. The van der Waals surface area contributed by atoms with Gasteiger partial charge in [0.05, 0.1) is 11.5 Å². The van der Waals surface area contributed by atoms with E-state index in [1.54, 1.807) is 0 Å². The van der Waals surface area contributed by atoms with E-state index in [1.807, 2.05) is 18.2 Å². The number of nitrogens with one attached hydrogen (secondary N) is 1. The summed E-state index contributed by atoms with van der Waals surface area (Å²) in [5.74, 6) is 1.29. The van der Waals surface area contributed by atoms with Crippen LogP contribution in [0.1, 0.15) is 84.3 Å². The molecule has 0 amide bonds. The van der Waals surface area contributed by atoms with E-state index in [9.17, 15) is 5.26 Å². The fourth-order valence-electron chi connectivity index (χ4n) is 5.47. The first kappa shape index (κ1) is 28.9. The van der Waals surface area contributed by atoms with Crippen LogP contribution >= 0.6 is 0 Å². The lowest BCUT2D eigenvalue weighted by molar-refractivity contribution is 0.298. The van der Waals surface area contributed by atoms with Gasteiger partial charge in [0.2, 0.25) is 0 Å². The van der Waals surface area contributed by atoms with Crippen molar-refractivity contribution in [2.24, 2.45) is 11.8 Å². The first-order valence-corrected chi connectivity index (χ1v) is 14.1. The van der Waals surface area contributed by atoms with Gasteiger partial charge in [0.25, 0.3) is 0 Å². The van der Waals surface area contributed by atoms with E-state index in [0.29, 0.717) is 5.92 Å². The fraction of sp³-hybridized carbons (Fsp3) is 0.594. The zero-order valence-electron chi connectivity index (χ0n) is 23.0. The zero-order chi connectivity index (χ0) is 25.5. The van der Waals surface area contributed by atoms with Crippen LogP contribution in [0.3, 0.4) is 0 Å². The molecule has 1 saturated heterocycles. The van der Waals surface area contributed by atoms with Crippen molar-refractivity contribution in [2.45, 2.75) is 85.0 Å². The van der Waals surface area contributed by atoms with Gasteiger partial charge in [-0.3, -0.25) is 0 Å². The van der Waals surface area contributed by atoms with Crippen molar-refractivity contribution in [2.75, 3.05) is 31.1 Å². The van der Waals surface area contributed by atoms with Crippen molar-refractivity contribution < 1.29 is 0 Å². The molecule has 192 valence electrons. The molecule has 35 heavy (non-hydrogen) atoms. The normalized spacial score (nSPS) is 15.1. The fourth-order valence-corrected chi connectivity index (χ4v) is 5.47. The highest BCUT2D eigenvalue weighted by Gasteiger charge is 2.37. The van der Waals surface area contributed by atoms with Crippen molar-refractivity contribution in [3.8, 4) is 6.07 Å². The standard InChI is InChI=1S/C16H26N2.C16H23N/c1-3-5-14-6-8-16(9-7-14)18-12-15(13-18)11-17-10-4-2;1-4-12-16(13-17,14(5-2)6-3)15-10-8-7-9-11-15/h6-9,15,17H,3-5,10-13H2,1-2H3;7-11,14H,4-6,12H2,1-3H3. The molecule has 3 rings (SSSR count). The predicted molar refractivity (Wildman–Crippen MR) is 152 cm³/mol. The summed E-state index contributed by atoms with van der Waals surface area (Å²) in [5, 5.41) is 13.3. The largest absolute Gasteiger partial charge is 0.371 e. The topological polar surface area (TPSA) is 39.1 Å². The Morgan fingerprint density at radius 1 is 0.914 bits per heavy atom. The smallest absolute Gasteiger partial charge is 0.0850 e. The number of benzene rings is 2. The third kappa shape index (κ3) is 8.11. The molecule has 2 aromatic rings. The van der Waals surface area contributed by atoms with Crippen LogP contribution in [-0.4, -0.2) is 26.2 Å². The molecule has 3 nitrogen and oxygen atoms in total. The molecule has 1 aliphatic rings. The van der Waals surface area contributed by atoms with E-state index < -0.39 is 0 Å². The van der Waals surface area contributed by atoms with Gasteiger partial charge in [0.1, 0.15) is 0 Å². The third-order valence-electron chi connectivity index (χ3n) is 7.47. The molecule has 1 aliphatic heterocycles. The van der Waals surface area contributed by atoms with Crippen LogP contribution in [-0.2, 0) is 11.8 Å². The van der Waals surface area contributed by atoms with Crippen molar-refractivity contribution in [3.05, 3.63) is 65.7 Å². The lowest BCUT2D eigenvalue weighted by Crippen LogP contribution is -2.50. The minimum absolute atomic E-state index is 0.292. The molecule has 1 heterocycles. The van der Waals surface area contributed by atoms with Crippen LogP contribution in [0.4, 0.5) is 5.69 Å². The van der Waals surface area contributed by atoms with Crippen LogP contribution in [0.5, 0.6) is 0 Å². The monoisotopic (exact) mass is 475 g/mol. The average molecular weight is 476 g/mol. The highest BCUT2D eigenvalue weighted by molar-refractivity contribution is 5.50. The van der Waals surface area contributed by atoms with Gasteiger partial charge in [-0.15, -0.1) is 0 Å². The first-order valence-electron chi connectivity index (χ1n) is 14.1. The Bertz CT molecular complexity index is 845. The van der Waals surface area contributed by atoms with Crippen LogP contribution in [0.25, 0.3) is 0 Å². The van der Waals surface area contributed by atoms with E-state index in [2.05, 4.69) is 87.3 Å². The van der Waals surface area contributed by atoms with Crippen molar-refractivity contribution in [1.82, 2.24) is 5.32 Å². The molecule has 1 fully saturated rings. The molecule has 3 heteroatoms. The van der Waals surface area contributed by atoms with Gasteiger partial charge in [-0.2, -0.15) is 5.26 Å². The Kier molecular flexibility index (Phi) is 12.9. The maximum absolute atomic E-state index is 9.74. The lowest BCUT2D eigenvalue weighted by atomic mass is 9.66. The van der Waals surface area contributed by atoms with Gasteiger partial charge in [-0.05, 0) is 55.0 Å². The molecule has 0 bridgehead atoms. The second kappa shape index (κ2) is 15.6. The van der Waals surface area contributed by atoms with E-state index in [1.165, 1.54) is 55.7 Å². The number of hydrogen-bond donors (Lipinski definition) is 1. The second-order valence-corrected chi connectivity index (χ2v) is 10.1. The van der Waals surface area contributed by atoms with E-state index in [4.69, 9.17) is 0 Å². The number of nitrogens with zero attached hydrogens (tertiary/aromatic N) is 2. The molecule has 1 atom stereocenters. The number of aryl methyl sites for hydroxylation is 1. The molecule has 2 aromatic carbocycles. The number of nitriles is 1. The zero-order valence-corrected chi connectivity index (χ0v) is 23.0. The predicted octanol–water partition coefficient (Wildman–Crippen LogP) is 7.76. The summed E-state index contributed by atoms with van der Waals surface area (Å²) in [6.45, 7) is 15.8. The highest BCUT2D eigenvalue weighted by Crippen LogP contribution is 2.40. The van der Waals surface area contributed by atoms with Crippen molar-refractivity contribution >= 4 is 5.69 Å². The molecule has 0 saturated carbocycles. The Labute approximate surface area is 215 Å². The Balaban J connectivity index is 0.000000247. The summed E-state index contributed by atoms with van der Waals surface area (Å²) in [6, 6.07) is 22.1. The number of anilines is 1. The van der Waals surface area contributed by atoms with Gasteiger partial charge >= 0.3 is 0 Å². The number of hydrogen-bond acceptors (Lipinski definition) is 3. The van der Waals surface area contributed by atoms with Gasteiger partial charge in [-0.1, -0.05) is 103 Å². The van der Waals surface area contributed by atoms with Crippen LogP contribution in [0.15, 0.2) is 54.6 Å². The Hall–Kier alpha value is -2.31. The molecular weight excluding hydrogens is 426 g/mol. The summed E-state index contributed by atoms with van der Waals surface area (Å²) in [5.41, 5.74) is 3.75. The summed E-state index contributed by atoms with van der Waals surface area (Å²) in [6.07, 6.45) is 7.81. The lowest BCUT2D eigenvalue weighted by Gasteiger charge is -2.41. The average Bonchev–Trinajstić information content (AvgIpc) is 2.87. The summed E-state index contributed by atoms with van der Waals surface area (Å²) >= 11 is 0. The maximum atomic E-state index is 9.74. The summed E-state index contributed by atoms with van der Waals surface area (Å²) < 4.78 is 0. The van der Waals surface area contributed by atoms with E-state index >= 15 is 0 Å². The molecule has 1 N–H and O–H groups in total. The molecular formula is C32H49N3. The first-order chi connectivity index (χ1) is 17.1. The van der Waals surface area contributed by atoms with Crippen LogP contribution < -0.4 is 10.2 Å². The third-order valence-corrected chi connectivity index (χ3v) is 7.47. The van der Waals surface area contributed by atoms with Crippen molar-refractivity contribution in [3.63, 3.8) is 0 Å².